The van der Waals surface area contributed by atoms with E-state index >= 15 is 0 Å². The van der Waals surface area contributed by atoms with Crippen LogP contribution in [0.5, 0.6) is 0 Å². The summed E-state index contributed by atoms with van der Waals surface area (Å²) in [6.45, 7) is 6.44. The molecule has 0 amide bonds. The van der Waals surface area contributed by atoms with Gasteiger partial charge in [0.15, 0.2) is 0 Å². The third-order valence-corrected chi connectivity index (χ3v) is 5.60. The lowest BCUT2D eigenvalue weighted by molar-refractivity contribution is 0.150. The molecule has 0 saturated carbocycles. The van der Waals surface area contributed by atoms with Gasteiger partial charge in [-0.05, 0) is 42.4 Å². The first-order valence-electron chi connectivity index (χ1n) is 8.60. The van der Waals surface area contributed by atoms with E-state index in [0.717, 1.165) is 32.1 Å². The van der Waals surface area contributed by atoms with E-state index in [0.29, 0.717) is 3.70 Å². The quantitative estimate of drug-likeness (QED) is 0.249. The predicted molar refractivity (Wildman–Crippen MR) is 101 cm³/mol. The van der Waals surface area contributed by atoms with Gasteiger partial charge in [-0.25, -0.2) is 13.5 Å². The van der Waals surface area contributed by atoms with Gasteiger partial charge in [0, 0.05) is 0 Å². The third-order valence-electron chi connectivity index (χ3n) is 4.44. The third kappa shape index (κ3) is 5.83. The van der Waals surface area contributed by atoms with Crippen LogP contribution in [-0.2, 0) is 5.54 Å². The Hall–Kier alpha value is 0.0900. The number of alkyl halides is 2. The summed E-state index contributed by atoms with van der Waals surface area (Å²) in [7, 11) is 0. The van der Waals surface area contributed by atoms with Crippen molar-refractivity contribution in [2.24, 2.45) is 0 Å². The Balaban J connectivity index is 2.94. The van der Waals surface area contributed by atoms with Crippen LogP contribution in [0.4, 0.5) is 8.78 Å². The van der Waals surface area contributed by atoms with Crippen molar-refractivity contribution in [2.45, 2.75) is 90.5 Å². The average molecular weight is 461 g/mol. The van der Waals surface area contributed by atoms with Crippen molar-refractivity contribution in [1.29, 1.82) is 0 Å². The average Bonchev–Trinajstić information content (AvgIpc) is 2.80. The molecule has 0 N–H and O–H groups in total. The van der Waals surface area contributed by atoms with E-state index < -0.39 is 6.43 Å². The van der Waals surface area contributed by atoms with Gasteiger partial charge < -0.3 is 0 Å². The summed E-state index contributed by atoms with van der Waals surface area (Å²) in [5.74, 6) is 0. The smallest absolute Gasteiger partial charge is 0.247 e. The zero-order chi connectivity index (χ0) is 17.5. The number of nitrogens with zero attached hydrogens (tertiary/aromatic N) is 2. The van der Waals surface area contributed by atoms with Crippen LogP contribution in [0.15, 0.2) is 0 Å². The first-order chi connectivity index (χ1) is 10.9. The summed E-state index contributed by atoms with van der Waals surface area (Å²) in [5.41, 5.74) is -0.409. The molecule has 6 heteroatoms. The SMILES string of the molecule is CCCCCCCC(C)(CCCC)n1nc(I)c(C(F)F)c1Cl. The van der Waals surface area contributed by atoms with E-state index in [-0.39, 0.29) is 16.3 Å². The normalized spacial score (nSPS) is 14.4. The summed E-state index contributed by atoms with van der Waals surface area (Å²) >= 11 is 8.13. The van der Waals surface area contributed by atoms with Crippen molar-refractivity contribution < 1.29 is 8.78 Å². The maximum absolute atomic E-state index is 13.2. The van der Waals surface area contributed by atoms with E-state index in [2.05, 4.69) is 25.9 Å². The predicted octanol–water partition coefficient (Wildman–Crippen LogP) is 7.34. The Morgan fingerprint density at radius 2 is 1.65 bits per heavy atom. The van der Waals surface area contributed by atoms with Gasteiger partial charge in [-0.2, -0.15) is 5.10 Å². The van der Waals surface area contributed by atoms with Crippen LogP contribution in [0, 0.1) is 3.70 Å². The highest BCUT2D eigenvalue weighted by Gasteiger charge is 2.33. The molecule has 0 aliphatic heterocycles. The monoisotopic (exact) mass is 460 g/mol. The summed E-state index contributed by atoms with van der Waals surface area (Å²) in [4.78, 5) is 0. The molecule has 1 aromatic rings. The molecule has 0 aromatic carbocycles. The fourth-order valence-corrected chi connectivity index (χ4v) is 4.21. The van der Waals surface area contributed by atoms with Crippen molar-refractivity contribution in [3.05, 3.63) is 14.4 Å². The molecule has 1 atom stereocenters. The Bertz CT molecular complexity index is 479. The van der Waals surface area contributed by atoms with Gasteiger partial charge in [-0.3, -0.25) is 0 Å². The van der Waals surface area contributed by atoms with Gasteiger partial charge >= 0.3 is 0 Å². The molecule has 0 bridgehead atoms. The van der Waals surface area contributed by atoms with E-state index in [4.69, 9.17) is 11.6 Å². The molecular formula is C17H28ClF2IN2. The lowest BCUT2D eigenvalue weighted by Crippen LogP contribution is -2.31. The standard InChI is InChI=1S/C17H28ClF2IN2/c1-4-6-8-9-10-12-17(3,11-7-5-2)23-14(18)13(15(19)20)16(21)22-23/h15H,4-12H2,1-3H3. The highest BCUT2D eigenvalue weighted by atomic mass is 127. The minimum atomic E-state index is -2.58. The molecule has 134 valence electrons. The Morgan fingerprint density at radius 1 is 1.09 bits per heavy atom. The van der Waals surface area contributed by atoms with E-state index in [1.807, 2.05) is 22.6 Å². The number of aromatic nitrogens is 2. The molecule has 1 rings (SSSR count). The van der Waals surface area contributed by atoms with Crippen LogP contribution < -0.4 is 0 Å². The second kappa shape index (κ2) is 10.2. The second-order valence-corrected chi connectivity index (χ2v) is 7.85. The van der Waals surface area contributed by atoms with Crippen molar-refractivity contribution in [3.63, 3.8) is 0 Å². The fourth-order valence-electron chi connectivity index (χ4n) is 2.93. The molecule has 1 unspecified atom stereocenters. The van der Waals surface area contributed by atoms with Gasteiger partial charge in [-0.1, -0.05) is 70.4 Å². The lowest BCUT2D eigenvalue weighted by Gasteiger charge is -2.31. The zero-order valence-electron chi connectivity index (χ0n) is 14.3. The summed E-state index contributed by atoms with van der Waals surface area (Å²) in [5, 5.41) is 4.47. The second-order valence-electron chi connectivity index (χ2n) is 6.47. The van der Waals surface area contributed by atoms with Crippen LogP contribution in [0.2, 0.25) is 5.15 Å². The molecule has 2 nitrogen and oxygen atoms in total. The van der Waals surface area contributed by atoms with Crippen molar-refractivity contribution >= 4 is 34.2 Å². The Morgan fingerprint density at radius 3 is 2.17 bits per heavy atom. The van der Waals surface area contributed by atoms with Gasteiger partial charge in [-0.15, -0.1) is 0 Å². The zero-order valence-corrected chi connectivity index (χ0v) is 17.3. The first kappa shape index (κ1) is 21.1. The minimum Gasteiger partial charge on any atom is -0.247 e. The van der Waals surface area contributed by atoms with Crippen molar-refractivity contribution in [3.8, 4) is 0 Å². The molecule has 0 spiro atoms. The van der Waals surface area contributed by atoms with E-state index in [9.17, 15) is 8.78 Å². The lowest BCUT2D eigenvalue weighted by atomic mass is 9.88. The molecule has 0 radical (unpaired) electrons. The van der Waals surface area contributed by atoms with Crippen LogP contribution in [0.1, 0.15) is 90.5 Å². The summed E-state index contributed by atoms with van der Waals surface area (Å²) in [6.07, 6.45) is 7.33. The summed E-state index contributed by atoms with van der Waals surface area (Å²) < 4.78 is 28.4. The Labute approximate surface area is 157 Å². The van der Waals surface area contributed by atoms with Crippen LogP contribution >= 0.6 is 34.2 Å². The van der Waals surface area contributed by atoms with Crippen molar-refractivity contribution in [1.82, 2.24) is 9.78 Å². The van der Waals surface area contributed by atoms with Gasteiger partial charge in [0.1, 0.15) is 8.85 Å². The van der Waals surface area contributed by atoms with Gasteiger partial charge in [0.25, 0.3) is 6.43 Å². The van der Waals surface area contributed by atoms with Gasteiger partial charge in [0.2, 0.25) is 0 Å². The molecule has 0 aliphatic carbocycles. The molecular weight excluding hydrogens is 433 g/mol. The number of hydrogen-bond acceptors (Lipinski definition) is 1. The van der Waals surface area contributed by atoms with Crippen molar-refractivity contribution in [2.75, 3.05) is 0 Å². The maximum Gasteiger partial charge on any atom is 0.269 e. The number of rotatable bonds is 11. The van der Waals surface area contributed by atoms with Crippen LogP contribution in [0.3, 0.4) is 0 Å². The fraction of sp³-hybridized carbons (Fsp3) is 0.824. The van der Waals surface area contributed by atoms with E-state index in [1.165, 1.54) is 25.7 Å². The van der Waals surface area contributed by atoms with Crippen LogP contribution in [-0.4, -0.2) is 9.78 Å². The topological polar surface area (TPSA) is 17.8 Å². The molecule has 0 fully saturated rings. The largest absolute Gasteiger partial charge is 0.269 e. The summed E-state index contributed by atoms with van der Waals surface area (Å²) in [6, 6.07) is 0. The maximum atomic E-state index is 13.2. The molecule has 0 aliphatic rings. The molecule has 1 aromatic heterocycles. The Kier molecular flexibility index (Phi) is 9.34. The van der Waals surface area contributed by atoms with Crippen LogP contribution in [0.25, 0.3) is 0 Å². The minimum absolute atomic E-state index is 0.108. The highest BCUT2D eigenvalue weighted by Crippen LogP contribution is 2.38. The highest BCUT2D eigenvalue weighted by molar-refractivity contribution is 14.1. The molecule has 23 heavy (non-hydrogen) atoms. The first-order valence-corrected chi connectivity index (χ1v) is 10.1. The number of unbranched alkanes of at least 4 members (excludes halogenated alkanes) is 5. The number of halogens is 4. The van der Waals surface area contributed by atoms with Gasteiger partial charge in [0.05, 0.1) is 11.1 Å². The molecule has 1 heterocycles. The number of hydrogen-bond donors (Lipinski definition) is 0. The molecule has 0 saturated heterocycles. The van der Waals surface area contributed by atoms with E-state index in [1.54, 1.807) is 4.68 Å².